The fourth-order valence-electron chi connectivity index (χ4n) is 2.75. The Labute approximate surface area is 117 Å². The summed E-state index contributed by atoms with van der Waals surface area (Å²) in [6.45, 7) is 3.00. The first-order valence-electron chi connectivity index (χ1n) is 7.06. The normalized spacial score (nSPS) is 18.5. The van der Waals surface area contributed by atoms with Crippen LogP contribution in [-0.4, -0.2) is 14.7 Å². The Hall–Kier alpha value is -1.13. The third-order valence-corrected chi connectivity index (χ3v) is 4.65. The van der Waals surface area contributed by atoms with Crippen LogP contribution in [0.25, 0.3) is 0 Å². The minimum absolute atomic E-state index is 0.268. The molecule has 1 aliphatic rings. The zero-order valence-corrected chi connectivity index (χ0v) is 12.1. The molecule has 0 amide bonds. The van der Waals surface area contributed by atoms with Crippen LogP contribution in [-0.2, 0) is 19.4 Å². The maximum Gasteiger partial charge on any atom is 0.0928 e. The van der Waals surface area contributed by atoms with Gasteiger partial charge in [-0.15, -0.1) is 11.3 Å². The fourth-order valence-corrected chi connectivity index (χ4v) is 3.64. The number of aliphatic hydroxyl groups excluding tert-OH is 1. The lowest BCUT2D eigenvalue weighted by molar-refractivity contribution is 0.157. The first-order chi connectivity index (χ1) is 9.26. The molecule has 0 fully saturated rings. The molecule has 1 unspecified atom stereocenters. The van der Waals surface area contributed by atoms with Crippen LogP contribution in [0.15, 0.2) is 17.8 Å². The van der Waals surface area contributed by atoms with Gasteiger partial charge in [-0.05, 0) is 37.7 Å². The standard InChI is InChI=1S/C15H20N2OS/c1-2-4-15-16-12(10-19-15)8-17-7-11-5-3-6-14(18)13(11)9-17/h7,9-10,14,18H,2-6,8H2,1H3. The summed E-state index contributed by atoms with van der Waals surface area (Å²) in [4.78, 5) is 4.66. The number of aromatic nitrogens is 2. The molecule has 4 heteroatoms. The van der Waals surface area contributed by atoms with E-state index in [2.05, 4.69) is 34.2 Å². The molecule has 0 bridgehead atoms. The predicted molar refractivity (Wildman–Crippen MR) is 77.5 cm³/mol. The van der Waals surface area contributed by atoms with Crippen LogP contribution in [0.4, 0.5) is 0 Å². The second kappa shape index (κ2) is 5.47. The van der Waals surface area contributed by atoms with Crippen molar-refractivity contribution in [1.29, 1.82) is 0 Å². The van der Waals surface area contributed by atoms with E-state index < -0.39 is 0 Å². The summed E-state index contributed by atoms with van der Waals surface area (Å²) in [5.41, 5.74) is 3.56. The number of aliphatic hydroxyl groups is 1. The maximum absolute atomic E-state index is 9.99. The number of hydrogen-bond acceptors (Lipinski definition) is 3. The molecule has 3 nitrogen and oxygen atoms in total. The summed E-state index contributed by atoms with van der Waals surface area (Å²) >= 11 is 1.75. The molecule has 1 N–H and O–H groups in total. The highest BCUT2D eigenvalue weighted by molar-refractivity contribution is 7.09. The number of hydrogen-bond donors (Lipinski definition) is 1. The van der Waals surface area contributed by atoms with E-state index in [9.17, 15) is 5.11 Å². The lowest BCUT2D eigenvalue weighted by Crippen LogP contribution is -2.05. The number of fused-ring (bicyclic) bond motifs is 1. The van der Waals surface area contributed by atoms with Crippen molar-refractivity contribution in [2.45, 2.75) is 51.7 Å². The van der Waals surface area contributed by atoms with Gasteiger partial charge in [0.1, 0.15) is 0 Å². The summed E-state index contributed by atoms with van der Waals surface area (Å²) in [5, 5.41) is 13.4. The average Bonchev–Trinajstić information content (AvgIpc) is 2.98. The molecule has 102 valence electrons. The van der Waals surface area contributed by atoms with Crippen LogP contribution in [0.3, 0.4) is 0 Å². The van der Waals surface area contributed by atoms with E-state index in [4.69, 9.17) is 0 Å². The van der Waals surface area contributed by atoms with E-state index in [1.165, 1.54) is 10.6 Å². The Bertz CT molecular complexity index is 558. The molecule has 1 aliphatic carbocycles. The molecule has 2 heterocycles. The average molecular weight is 276 g/mol. The number of nitrogens with zero attached hydrogens (tertiary/aromatic N) is 2. The van der Waals surface area contributed by atoms with Crippen LogP contribution in [0.5, 0.6) is 0 Å². The minimum atomic E-state index is -0.268. The van der Waals surface area contributed by atoms with E-state index in [0.717, 1.165) is 49.9 Å². The number of rotatable bonds is 4. The van der Waals surface area contributed by atoms with Crippen molar-refractivity contribution in [1.82, 2.24) is 9.55 Å². The van der Waals surface area contributed by atoms with E-state index in [1.54, 1.807) is 11.3 Å². The van der Waals surface area contributed by atoms with Crippen molar-refractivity contribution >= 4 is 11.3 Å². The second-order valence-electron chi connectivity index (χ2n) is 5.30. The Morgan fingerprint density at radius 3 is 3.16 bits per heavy atom. The van der Waals surface area contributed by atoms with Crippen LogP contribution in [0, 0.1) is 0 Å². The van der Waals surface area contributed by atoms with Crippen molar-refractivity contribution in [3.8, 4) is 0 Å². The Morgan fingerprint density at radius 2 is 2.37 bits per heavy atom. The minimum Gasteiger partial charge on any atom is -0.388 e. The van der Waals surface area contributed by atoms with Crippen molar-refractivity contribution in [2.75, 3.05) is 0 Å². The summed E-state index contributed by atoms with van der Waals surface area (Å²) in [6.07, 6.45) is 9.31. The fraction of sp³-hybridized carbons (Fsp3) is 0.533. The number of thiazole rings is 1. The first-order valence-corrected chi connectivity index (χ1v) is 7.94. The van der Waals surface area contributed by atoms with Crippen LogP contribution < -0.4 is 0 Å². The van der Waals surface area contributed by atoms with Gasteiger partial charge in [0.05, 0.1) is 23.4 Å². The number of aryl methyl sites for hydroxylation is 2. The van der Waals surface area contributed by atoms with E-state index in [0.29, 0.717) is 0 Å². The Morgan fingerprint density at radius 1 is 1.47 bits per heavy atom. The molecule has 0 saturated heterocycles. The molecule has 3 rings (SSSR count). The van der Waals surface area contributed by atoms with Crippen LogP contribution >= 0.6 is 11.3 Å². The largest absolute Gasteiger partial charge is 0.388 e. The van der Waals surface area contributed by atoms with Crippen LogP contribution in [0.1, 0.15) is 54.1 Å². The topological polar surface area (TPSA) is 38.0 Å². The molecule has 19 heavy (non-hydrogen) atoms. The van der Waals surface area contributed by atoms with E-state index in [1.807, 2.05) is 0 Å². The summed E-state index contributed by atoms with van der Waals surface area (Å²) in [5.74, 6) is 0. The molecule has 0 radical (unpaired) electrons. The molecule has 0 aromatic carbocycles. The quantitative estimate of drug-likeness (QED) is 0.930. The van der Waals surface area contributed by atoms with Gasteiger partial charge >= 0.3 is 0 Å². The zero-order chi connectivity index (χ0) is 13.2. The maximum atomic E-state index is 9.99. The van der Waals surface area contributed by atoms with Crippen molar-refractivity contribution < 1.29 is 5.11 Å². The molecule has 0 aliphatic heterocycles. The van der Waals surface area contributed by atoms with Crippen molar-refractivity contribution in [3.63, 3.8) is 0 Å². The summed E-state index contributed by atoms with van der Waals surface area (Å²) < 4.78 is 2.17. The molecule has 2 aromatic rings. The second-order valence-corrected chi connectivity index (χ2v) is 6.24. The molecular weight excluding hydrogens is 256 g/mol. The Balaban J connectivity index is 1.75. The van der Waals surface area contributed by atoms with Crippen LogP contribution in [0.2, 0.25) is 0 Å². The highest BCUT2D eigenvalue weighted by Crippen LogP contribution is 2.30. The van der Waals surface area contributed by atoms with Gasteiger partial charge < -0.3 is 9.67 Å². The summed E-state index contributed by atoms with van der Waals surface area (Å²) in [6, 6.07) is 0. The van der Waals surface area contributed by atoms with E-state index in [-0.39, 0.29) is 6.10 Å². The van der Waals surface area contributed by atoms with Gasteiger partial charge in [0.25, 0.3) is 0 Å². The molecule has 0 spiro atoms. The molecular formula is C15H20N2OS. The van der Waals surface area contributed by atoms with Crippen molar-refractivity contribution in [2.24, 2.45) is 0 Å². The summed E-state index contributed by atoms with van der Waals surface area (Å²) in [7, 11) is 0. The predicted octanol–water partition coefficient (Wildman–Crippen LogP) is 3.32. The van der Waals surface area contributed by atoms with Gasteiger partial charge in [0.15, 0.2) is 0 Å². The lowest BCUT2D eigenvalue weighted by Gasteiger charge is -2.16. The highest BCUT2D eigenvalue weighted by Gasteiger charge is 2.19. The smallest absolute Gasteiger partial charge is 0.0928 e. The van der Waals surface area contributed by atoms with Gasteiger partial charge in [-0.3, -0.25) is 0 Å². The third kappa shape index (κ3) is 2.74. The van der Waals surface area contributed by atoms with Gasteiger partial charge in [-0.25, -0.2) is 4.98 Å². The van der Waals surface area contributed by atoms with Gasteiger partial charge in [0.2, 0.25) is 0 Å². The molecule has 1 atom stereocenters. The van der Waals surface area contributed by atoms with Gasteiger partial charge in [-0.1, -0.05) is 6.92 Å². The Kier molecular flexibility index (Phi) is 3.71. The molecule has 0 saturated carbocycles. The SMILES string of the molecule is CCCc1nc(Cn2cc3c(c2)C(O)CCC3)cs1. The lowest BCUT2D eigenvalue weighted by atomic mass is 9.93. The zero-order valence-electron chi connectivity index (χ0n) is 11.3. The third-order valence-electron chi connectivity index (χ3n) is 3.69. The van der Waals surface area contributed by atoms with Gasteiger partial charge in [-0.2, -0.15) is 0 Å². The highest BCUT2D eigenvalue weighted by atomic mass is 32.1. The molecule has 2 aromatic heterocycles. The first kappa shape index (κ1) is 12.9. The van der Waals surface area contributed by atoms with E-state index >= 15 is 0 Å². The monoisotopic (exact) mass is 276 g/mol. The van der Waals surface area contributed by atoms with Crippen molar-refractivity contribution in [3.05, 3.63) is 39.6 Å². The van der Waals surface area contributed by atoms with Gasteiger partial charge in [0, 0.05) is 23.3 Å².